The Hall–Kier alpha value is -2.36. The highest BCUT2D eigenvalue weighted by atomic mass is 16.4. The summed E-state index contributed by atoms with van der Waals surface area (Å²) in [4.78, 5) is 24.1. The summed E-state index contributed by atoms with van der Waals surface area (Å²) >= 11 is 0. The average molecular weight is 284 g/mol. The number of hydrogen-bond donors (Lipinski definition) is 1. The molecule has 0 aliphatic heterocycles. The van der Waals surface area contributed by atoms with Gasteiger partial charge >= 0.3 is 6.09 Å². The van der Waals surface area contributed by atoms with E-state index in [0.29, 0.717) is 5.56 Å². The average Bonchev–Trinajstić information content (AvgIpc) is 2.42. The van der Waals surface area contributed by atoms with E-state index >= 15 is 0 Å². The van der Waals surface area contributed by atoms with Crippen LogP contribution in [0.2, 0.25) is 0 Å². The zero-order valence-electron chi connectivity index (χ0n) is 12.3. The molecule has 0 aliphatic rings. The molecule has 109 valence electrons. The third-order valence-corrected chi connectivity index (χ3v) is 3.39. The summed E-state index contributed by atoms with van der Waals surface area (Å²) in [7, 11) is 0. The second-order valence-electron chi connectivity index (χ2n) is 5.95. The highest BCUT2D eigenvalue weighted by Crippen LogP contribution is 2.29. The van der Waals surface area contributed by atoms with Crippen molar-refractivity contribution < 1.29 is 14.7 Å². The van der Waals surface area contributed by atoms with Gasteiger partial charge in [-0.1, -0.05) is 36.4 Å². The fourth-order valence-corrected chi connectivity index (χ4v) is 2.43. The highest BCUT2D eigenvalue weighted by Gasteiger charge is 2.34. The first-order valence-corrected chi connectivity index (χ1v) is 6.73. The molecule has 1 unspecified atom stereocenters. The molecule has 1 radical (unpaired) electrons. The van der Waals surface area contributed by atoms with Crippen LogP contribution in [0.1, 0.15) is 32.4 Å². The number of carbonyl (C=O) groups excluding carboxylic acids is 1. The molecule has 1 atom stereocenters. The Kier molecular flexibility index (Phi) is 3.98. The van der Waals surface area contributed by atoms with Gasteiger partial charge in [0.2, 0.25) is 6.29 Å². The molecular formula is C17H18NO3. The largest absolute Gasteiger partial charge is 0.465 e. The topological polar surface area (TPSA) is 57.6 Å². The summed E-state index contributed by atoms with van der Waals surface area (Å²) in [6.07, 6.45) is 0.731. The summed E-state index contributed by atoms with van der Waals surface area (Å²) in [5.74, 6) is 0. The molecule has 0 saturated heterocycles. The number of carbonyl (C=O) groups is 1. The molecule has 0 spiro atoms. The summed E-state index contributed by atoms with van der Waals surface area (Å²) in [6.45, 7) is 5.27. The lowest BCUT2D eigenvalue weighted by Crippen LogP contribution is -2.47. The van der Waals surface area contributed by atoms with Crippen molar-refractivity contribution in [3.63, 3.8) is 0 Å². The minimum absolute atomic E-state index is 0.626. The van der Waals surface area contributed by atoms with E-state index in [9.17, 15) is 14.7 Å². The molecular weight excluding hydrogens is 266 g/mol. The Labute approximate surface area is 124 Å². The number of hydrogen-bond acceptors (Lipinski definition) is 2. The first-order valence-electron chi connectivity index (χ1n) is 6.73. The van der Waals surface area contributed by atoms with E-state index < -0.39 is 17.7 Å². The first-order chi connectivity index (χ1) is 9.84. The molecule has 4 nitrogen and oxygen atoms in total. The van der Waals surface area contributed by atoms with E-state index in [0.717, 1.165) is 15.7 Å². The summed E-state index contributed by atoms with van der Waals surface area (Å²) in [5, 5.41) is 11.4. The number of carboxylic acid groups (broad SMARTS) is 1. The molecule has 4 heteroatoms. The molecule has 0 aromatic heterocycles. The Bertz CT molecular complexity index is 673. The minimum atomic E-state index is -1.14. The van der Waals surface area contributed by atoms with E-state index in [1.807, 2.05) is 42.7 Å². The lowest BCUT2D eigenvalue weighted by atomic mass is 9.97. The maximum atomic E-state index is 11.5. The summed E-state index contributed by atoms with van der Waals surface area (Å²) < 4.78 is 0. The van der Waals surface area contributed by atoms with Gasteiger partial charge in [-0.25, -0.2) is 4.79 Å². The van der Waals surface area contributed by atoms with Crippen LogP contribution in [0.15, 0.2) is 42.5 Å². The van der Waals surface area contributed by atoms with E-state index in [1.165, 1.54) is 0 Å². The fraction of sp³-hybridized carbons (Fsp3) is 0.294. The summed E-state index contributed by atoms with van der Waals surface area (Å²) in [6, 6.07) is 12.3. The van der Waals surface area contributed by atoms with Crippen molar-refractivity contribution in [1.82, 2.24) is 4.90 Å². The van der Waals surface area contributed by atoms with Crippen LogP contribution in [0.4, 0.5) is 4.79 Å². The third-order valence-electron chi connectivity index (χ3n) is 3.39. The second-order valence-corrected chi connectivity index (χ2v) is 5.95. The second kappa shape index (κ2) is 5.56. The highest BCUT2D eigenvalue weighted by molar-refractivity contribution is 5.84. The van der Waals surface area contributed by atoms with Crippen LogP contribution in [0.3, 0.4) is 0 Å². The van der Waals surface area contributed by atoms with Crippen LogP contribution in [0.25, 0.3) is 10.8 Å². The molecule has 0 heterocycles. The third kappa shape index (κ3) is 3.05. The van der Waals surface area contributed by atoms with Crippen molar-refractivity contribution in [2.75, 3.05) is 0 Å². The van der Waals surface area contributed by atoms with Crippen molar-refractivity contribution in [2.24, 2.45) is 0 Å². The van der Waals surface area contributed by atoms with Crippen molar-refractivity contribution in [3.05, 3.63) is 48.0 Å². The van der Waals surface area contributed by atoms with Gasteiger partial charge in [0, 0.05) is 5.54 Å². The maximum Gasteiger partial charge on any atom is 0.408 e. The van der Waals surface area contributed by atoms with Crippen LogP contribution in [-0.4, -0.2) is 27.9 Å². The SMILES string of the molecule is CC(C)(C)N(C(=O)O)C([C]=O)c1ccc2ccccc2c1. The van der Waals surface area contributed by atoms with Crippen molar-refractivity contribution in [2.45, 2.75) is 32.4 Å². The van der Waals surface area contributed by atoms with Crippen LogP contribution >= 0.6 is 0 Å². The Morgan fingerprint density at radius 2 is 1.76 bits per heavy atom. The zero-order chi connectivity index (χ0) is 15.6. The van der Waals surface area contributed by atoms with Gasteiger partial charge in [0.25, 0.3) is 0 Å². The lowest BCUT2D eigenvalue weighted by molar-refractivity contribution is 0.0869. The van der Waals surface area contributed by atoms with Crippen LogP contribution in [0, 0.1) is 0 Å². The van der Waals surface area contributed by atoms with E-state index in [2.05, 4.69) is 0 Å². The van der Waals surface area contributed by atoms with Crippen molar-refractivity contribution in [1.29, 1.82) is 0 Å². The molecule has 2 aromatic carbocycles. The van der Waals surface area contributed by atoms with Crippen molar-refractivity contribution >= 4 is 23.2 Å². The minimum Gasteiger partial charge on any atom is -0.465 e. The molecule has 0 fully saturated rings. The van der Waals surface area contributed by atoms with E-state index in [4.69, 9.17) is 0 Å². The maximum absolute atomic E-state index is 11.5. The van der Waals surface area contributed by atoms with Gasteiger partial charge in [0.1, 0.15) is 6.04 Å². The molecule has 0 saturated carbocycles. The molecule has 21 heavy (non-hydrogen) atoms. The van der Waals surface area contributed by atoms with Gasteiger partial charge < -0.3 is 5.11 Å². The van der Waals surface area contributed by atoms with Crippen molar-refractivity contribution in [3.8, 4) is 0 Å². The number of rotatable bonds is 3. The monoisotopic (exact) mass is 284 g/mol. The Morgan fingerprint density at radius 3 is 2.29 bits per heavy atom. The van der Waals surface area contributed by atoms with E-state index in [-0.39, 0.29) is 0 Å². The summed E-state index contributed by atoms with van der Waals surface area (Å²) in [5.41, 5.74) is -0.0689. The van der Waals surface area contributed by atoms with E-state index in [1.54, 1.807) is 26.8 Å². The number of fused-ring (bicyclic) bond motifs is 1. The molecule has 2 rings (SSSR count). The Morgan fingerprint density at radius 1 is 1.14 bits per heavy atom. The van der Waals surface area contributed by atoms with Gasteiger partial charge in [-0.05, 0) is 43.2 Å². The number of benzene rings is 2. The molecule has 1 N–H and O–H groups in total. The lowest BCUT2D eigenvalue weighted by Gasteiger charge is -2.37. The normalized spacial score (nSPS) is 12.9. The quantitative estimate of drug-likeness (QED) is 0.933. The van der Waals surface area contributed by atoms with Crippen LogP contribution in [0.5, 0.6) is 0 Å². The van der Waals surface area contributed by atoms with Gasteiger partial charge in [-0.2, -0.15) is 0 Å². The predicted molar refractivity (Wildman–Crippen MR) is 82.0 cm³/mol. The number of amides is 1. The number of nitrogens with zero attached hydrogens (tertiary/aromatic N) is 1. The standard InChI is InChI=1S/C17H18NO3/c1-17(2,3)18(16(20)21)15(11-19)14-9-8-12-6-4-5-7-13(12)10-14/h4-10,15H,1-3H3,(H,20,21). The first kappa shape index (κ1) is 15.0. The predicted octanol–water partition coefficient (Wildman–Crippen LogP) is 3.77. The van der Waals surface area contributed by atoms with Gasteiger partial charge in [-0.3, -0.25) is 9.69 Å². The molecule has 0 aliphatic carbocycles. The van der Waals surface area contributed by atoms with Crippen LogP contribution in [-0.2, 0) is 4.79 Å². The smallest absolute Gasteiger partial charge is 0.408 e. The Balaban J connectivity index is 2.52. The molecule has 1 amide bonds. The molecule has 0 bridgehead atoms. The fourth-order valence-electron chi connectivity index (χ4n) is 2.43. The van der Waals surface area contributed by atoms with Crippen LogP contribution < -0.4 is 0 Å². The van der Waals surface area contributed by atoms with Gasteiger partial charge in [-0.15, -0.1) is 0 Å². The van der Waals surface area contributed by atoms with Gasteiger partial charge in [0.05, 0.1) is 0 Å². The van der Waals surface area contributed by atoms with Gasteiger partial charge in [0.15, 0.2) is 0 Å². The zero-order valence-corrected chi connectivity index (χ0v) is 12.3. The molecule has 2 aromatic rings.